The number of amides is 1. The number of carbonyl (C=O) groups is 1. The SMILES string of the molecule is Cc1nn(C)cc1NC(=O)c1ccc(COc2ccccc2[N+](=O)[O-])o1. The number of ether oxygens (including phenoxy) is 1. The molecule has 1 N–H and O–H groups in total. The van der Waals surface area contributed by atoms with E-state index in [4.69, 9.17) is 9.15 Å². The maximum absolute atomic E-state index is 12.2. The number of nitro benzene ring substituents is 1. The second kappa shape index (κ2) is 7.09. The van der Waals surface area contributed by atoms with Crippen LogP contribution in [0.2, 0.25) is 0 Å². The predicted molar refractivity (Wildman–Crippen MR) is 92.0 cm³/mol. The topological polar surface area (TPSA) is 112 Å². The molecule has 0 aliphatic heterocycles. The Morgan fingerprint density at radius 1 is 1.35 bits per heavy atom. The smallest absolute Gasteiger partial charge is 0.310 e. The van der Waals surface area contributed by atoms with Crippen molar-refractivity contribution in [2.24, 2.45) is 7.05 Å². The Labute approximate surface area is 148 Å². The molecule has 9 nitrogen and oxygen atoms in total. The second-order valence-corrected chi connectivity index (χ2v) is 5.54. The Kier molecular flexibility index (Phi) is 4.70. The first-order chi connectivity index (χ1) is 12.4. The van der Waals surface area contributed by atoms with Crippen LogP contribution in [0.5, 0.6) is 5.75 Å². The number of benzene rings is 1. The summed E-state index contributed by atoms with van der Waals surface area (Å²) in [6.07, 6.45) is 1.69. The maximum atomic E-state index is 12.2. The van der Waals surface area contributed by atoms with Crippen LogP contribution in [-0.4, -0.2) is 20.6 Å². The van der Waals surface area contributed by atoms with E-state index in [0.717, 1.165) is 0 Å². The fraction of sp³-hybridized carbons (Fsp3) is 0.176. The van der Waals surface area contributed by atoms with E-state index < -0.39 is 10.8 Å². The van der Waals surface area contributed by atoms with Gasteiger partial charge in [-0.2, -0.15) is 5.10 Å². The Balaban J connectivity index is 1.66. The molecule has 134 valence electrons. The van der Waals surface area contributed by atoms with Gasteiger partial charge in [-0.05, 0) is 25.1 Å². The third-order valence-electron chi connectivity index (χ3n) is 3.58. The lowest BCUT2D eigenvalue weighted by molar-refractivity contribution is -0.386. The molecule has 0 aliphatic carbocycles. The Morgan fingerprint density at radius 3 is 2.81 bits per heavy atom. The fourth-order valence-corrected chi connectivity index (χ4v) is 2.36. The van der Waals surface area contributed by atoms with Crippen molar-refractivity contribution < 1.29 is 18.9 Å². The molecule has 2 aromatic heterocycles. The van der Waals surface area contributed by atoms with E-state index in [1.807, 2.05) is 0 Å². The number of anilines is 1. The molecule has 0 saturated carbocycles. The molecule has 0 unspecified atom stereocenters. The number of rotatable bonds is 6. The Bertz CT molecular complexity index is 960. The second-order valence-electron chi connectivity index (χ2n) is 5.54. The lowest BCUT2D eigenvalue weighted by Crippen LogP contribution is -2.11. The zero-order valence-corrected chi connectivity index (χ0v) is 14.1. The van der Waals surface area contributed by atoms with Gasteiger partial charge in [0.1, 0.15) is 12.4 Å². The number of nitro groups is 1. The van der Waals surface area contributed by atoms with E-state index in [1.54, 1.807) is 43.0 Å². The van der Waals surface area contributed by atoms with Gasteiger partial charge in [0.05, 0.1) is 16.3 Å². The minimum atomic E-state index is -0.521. The molecular formula is C17H16N4O5. The number of nitrogens with one attached hydrogen (secondary N) is 1. The van der Waals surface area contributed by atoms with Gasteiger partial charge in [0, 0.05) is 19.3 Å². The zero-order chi connectivity index (χ0) is 18.7. The van der Waals surface area contributed by atoms with Gasteiger partial charge in [0.25, 0.3) is 5.91 Å². The molecule has 3 rings (SSSR count). The zero-order valence-electron chi connectivity index (χ0n) is 14.1. The molecule has 0 bridgehead atoms. The third kappa shape index (κ3) is 3.72. The van der Waals surface area contributed by atoms with Gasteiger partial charge in [0.2, 0.25) is 0 Å². The number of carbonyl (C=O) groups excluding carboxylic acids is 1. The molecular weight excluding hydrogens is 340 g/mol. The molecule has 26 heavy (non-hydrogen) atoms. The van der Waals surface area contributed by atoms with Crippen molar-refractivity contribution in [3.63, 3.8) is 0 Å². The van der Waals surface area contributed by atoms with Gasteiger partial charge in [-0.1, -0.05) is 12.1 Å². The molecule has 9 heteroatoms. The summed E-state index contributed by atoms with van der Waals surface area (Å²) in [5, 5.41) is 17.8. The van der Waals surface area contributed by atoms with Gasteiger partial charge in [-0.25, -0.2) is 0 Å². The quantitative estimate of drug-likeness (QED) is 0.536. The minimum Gasteiger partial charge on any atom is -0.479 e. The van der Waals surface area contributed by atoms with Gasteiger partial charge >= 0.3 is 5.69 Å². The number of aromatic nitrogens is 2. The number of nitrogens with zero attached hydrogens (tertiary/aromatic N) is 3. The molecule has 2 heterocycles. The fourth-order valence-electron chi connectivity index (χ4n) is 2.36. The number of para-hydroxylation sites is 2. The largest absolute Gasteiger partial charge is 0.479 e. The van der Waals surface area contributed by atoms with Crippen LogP contribution in [0.1, 0.15) is 22.0 Å². The summed E-state index contributed by atoms with van der Waals surface area (Å²) >= 11 is 0. The first-order valence-corrected chi connectivity index (χ1v) is 7.70. The average Bonchev–Trinajstić information content (AvgIpc) is 3.20. The van der Waals surface area contributed by atoms with Gasteiger partial charge in [0.15, 0.2) is 11.5 Å². The van der Waals surface area contributed by atoms with Crippen LogP contribution in [0, 0.1) is 17.0 Å². The van der Waals surface area contributed by atoms with Crippen LogP contribution < -0.4 is 10.1 Å². The van der Waals surface area contributed by atoms with Crippen molar-refractivity contribution in [3.05, 3.63) is 69.9 Å². The van der Waals surface area contributed by atoms with E-state index in [2.05, 4.69) is 10.4 Å². The summed E-state index contributed by atoms with van der Waals surface area (Å²) in [5.74, 6) is 0.189. The van der Waals surface area contributed by atoms with Crippen LogP contribution in [-0.2, 0) is 13.7 Å². The lowest BCUT2D eigenvalue weighted by Gasteiger charge is -2.04. The standard InChI is InChI=1S/C17H16N4O5/c1-11-13(9-20(2)19-11)18-17(22)16-8-7-12(26-16)10-25-15-6-4-3-5-14(15)21(23)24/h3-9H,10H2,1-2H3,(H,18,22). The molecule has 1 amide bonds. The van der Waals surface area contributed by atoms with Crippen LogP contribution in [0.25, 0.3) is 0 Å². The highest BCUT2D eigenvalue weighted by molar-refractivity contribution is 6.02. The van der Waals surface area contributed by atoms with Crippen LogP contribution in [0.3, 0.4) is 0 Å². The highest BCUT2D eigenvalue weighted by atomic mass is 16.6. The van der Waals surface area contributed by atoms with Crippen molar-refractivity contribution in [3.8, 4) is 5.75 Å². The normalized spacial score (nSPS) is 10.5. The molecule has 1 aromatic carbocycles. The molecule has 0 aliphatic rings. The van der Waals surface area contributed by atoms with Crippen molar-refractivity contribution in [1.29, 1.82) is 0 Å². The maximum Gasteiger partial charge on any atom is 0.310 e. The summed E-state index contributed by atoms with van der Waals surface area (Å²) in [6, 6.07) is 9.14. The molecule has 0 radical (unpaired) electrons. The summed E-state index contributed by atoms with van der Waals surface area (Å²) in [5.41, 5.74) is 1.14. The highest BCUT2D eigenvalue weighted by Gasteiger charge is 2.16. The summed E-state index contributed by atoms with van der Waals surface area (Å²) in [7, 11) is 1.76. The van der Waals surface area contributed by atoms with E-state index >= 15 is 0 Å². The lowest BCUT2D eigenvalue weighted by atomic mass is 10.3. The third-order valence-corrected chi connectivity index (χ3v) is 3.58. The van der Waals surface area contributed by atoms with Crippen molar-refractivity contribution >= 4 is 17.3 Å². The van der Waals surface area contributed by atoms with Gasteiger partial charge < -0.3 is 14.5 Å². The van der Waals surface area contributed by atoms with Crippen LogP contribution in [0.4, 0.5) is 11.4 Å². The summed E-state index contributed by atoms with van der Waals surface area (Å²) in [6.45, 7) is 1.74. The van der Waals surface area contributed by atoms with Gasteiger partial charge in [-0.15, -0.1) is 0 Å². The van der Waals surface area contributed by atoms with Crippen LogP contribution in [0.15, 0.2) is 47.0 Å². The summed E-state index contributed by atoms with van der Waals surface area (Å²) < 4.78 is 12.5. The molecule has 0 fully saturated rings. The number of hydrogen-bond donors (Lipinski definition) is 1. The molecule has 0 atom stereocenters. The van der Waals surface area contributed by atoms with E-state index in [1.165, 1.54) is 18.2 Å². The predicted octanol–water partition coefficient (Wildman–Crippen LogP) is 3.06. The number of furan rings is 1. The monoisotopic (exact) mass is 356 g/mol. The number of aryl methyl sites for hydroxylation is 2. The van der Waals surface area contributed by atoms with Gasteiger partial charge in [-0.3, -0.25) is 19.6 Å². The van der Waals surface area contributed by atoms with Crippen molar-refractivity contribution in [1.82, 2.24) is 9.78 Å². The first kappa shape index (κ1) is 17.2. The van der Waals surface area contributed by atoms with Crippen molar-refractivity contribution in [2.45, 2.75) is 13.5 Å². The number of hydrogen-bond acceptors (Lipinski definition) is 6. The first-order valence-electron chi connectivity index (χ1n) is 7.70. The van der Waals surface area contributed by atoms with E-state index in [9.17, 15) is 14.9 Å². The molecule has 0 spiro atoms. The average molecular weight is 356 g/mol. The minimum absolute atomic E-state index is 0.0376. The van der Waals surface area contributed by atoms with Crippen LogP contribution >= 0.6 is 0 Å². The highest BCUT2D eigenvalue weighted by Crippen LogP contribution is 2.27. The van der Waals surface area contributed by atoms with Crippen molar-refractivity contribution in [2.75, 3.05) is 5.32 Å². The summed E-state index contributed by atoms with van der Waals surface area (Å²) in [4.78, 5) is 22.7. The van der Waals surface area contributed by atoms with E-state index in [-0.39, 0.29) is 23.8 Å². The van der Waals surface area contributed by atoms with E-state index in [0.29, 0.717) is 17.1 Å². The Morgan fingerprint density at radius 2 is 2.12 bits per heavy atom. The Hall–Kier alpha value is -3.62. The molecule has 3 aromatic rings. The molecule has 0 saturated heterocycles.